The molecule has 0 aliphatic carbocycles. The number of nitrogens with two attached hydrogens (primary N) is 1. The Labute approximate surface area is 112 Å². The molecule has 19 heavy (non-hydrogen) atoms. The van der Waals surface area contributed by atoms with Gasteiger partial charge in [0.05, 0.1) is 18.4 Å². The Balaban J connectivity index is 1.95. The van der Waals surface area contributed by atoms with Gasteiger partial charge in [0, 0.05) is 6.20 Å². The molecule has 7 heteroatoms. The minimum atomic E-state index is -0.0268. The number of aromatic nitrogens is 3. The van der Waals surface area contributed by atoms with E-state index in [4.69, 9.17) is 5.84 Å². The maximum Gasteiger partial charge on any atom is 0.271 e. The summed E-state index contributed by atoms with van der Waals surface area (Å²) in [5.41, 5.74) is 4.09. The van der Waals surface area contributed by atoms with E-state index in [0.717, 1.165) is 11.1 Å². The second-order valence-corrected chi connectivity index (χ2v) is 4.92. The van der Waals surface area contributed by atoms with Crippen LogP contribution >= 0.6 is 11.3 Å². The monoisotopic (exact) mass is 273 g/mol. The SMILES string of the molecule is NNc1ccc(Cn2cnc3ccsc3c2=O)cn1. The van der Waals surface area contributed by atoms with Gasteiger partial charge in [-0.15, -0.1) is 11.3 Å². The fourth-order valence-corrected chi connectivity index (χ4v) is 2.58. The Morgan fingerprint density at radius 1 is 1.32 bits per heavy atom. The first kappa shape index (κ1) is 11.8. The molecule has 3 rings (SSSR count). The number of hydrogen-bond donors (Lipinski definition) is 2. The van der Waals surface area contributed by atoms with Gasteiger partial charge >= 0.3 is 0 Å². The Morgan fingerprint density at radius 2 is 2.21 bits per heavy atom. The lowest BCUT2D eigenvalue weighted by molar-refractivity contribution is 0.747. The largest absolute Gasteiger partial charge is 0.308 e. The number of fused-ring (bicyclic) bond motifs is 1. The first-order chi connectivity index (χ1) is 9.28. The highest BCUT2D eigenvalue weighted by Gasteiger charge is 2.05. The summed E-state index contributed by atoms with van der Waals surface area (Å²) in [5, 5.41) is 1.87. The van der Waals surface area contributed by atoms with Crippen LogP contribution in [0.15, 0.2) is 40.9 Å². The van der Waals surface area contributed by atoms with Crippen LogP contribution in [0.5, 0.6) is 0 Å². The van der Waals surface area contributed by atoms with Crippen molar-refractivity contribution in [2.45, 2.75) is 6.54 Å². The highest BCUT2D eigenvalue weighted by Crippen LogP contribution is 2.13. The number of nitrogens with zero attached hydrogens (tertiary/aromatic N) is 3. The van der Waals surface area contributed by atoms with Gasteiger partial charge in [-0.2, -0.15) is 0 Å². The topological polar surface area (TPSA) is 85.8 Å². The van der Waals surface area contributed by atoms with Gasteiger partial charge in [0.1, 0.15) is 10.5 Å². The Morgan fingerprint density at radius 3 is 2.95 bits per heavy atom. The second-order valence-electron chi connectivity index (χ2n) is 4.01. The molecular weight excluding hydrogens is 262 g/mol. The van der Waals surface area contributed by atoms with Gasteiger partial charge in [-0.05, 0) is 23.1 Å². The van der Waals surface area contributed by atoms with Gasteiger partial charge in [-0.25, -0.2) is 15.8 Å². The minimum absolute atomic E-state index is 0.0268. The minimum Gasteiger partial charge on any atom is -0.308 e. The number of hydrogen-bond acceptors (Lipinski definition) is 6. The van der Waals surface area contributed by atoms with E-state index in [1.807, 2.05) is 17.5 Å². The van der Waals surface area contributed by atoms with Crippen molar-refractivity contribution in [3.8, 4) is 0 Å². The molecule has 3 N–H and O–H groups in total. The van der Waals surface area contributed by atoms with E-state index in [2.05, 4.69) is 15.4 Å². The first-order valence-corrected chi connectivity index (χ1v) is 6.50. The van der Waals surface area contributed by atoms with E-state index in [1.165, 1.54) is 11.3 Å². The van der Waals surface area contributed by atoms with Gasteiger partial charge in [0.2, 0.25) is 0 Å². The normalized spacial score (nSPS) is 10.8. The fraction of sp³-hybridized carbons (Fsp3) is 0.0833. The molecule has 0 amide bonds. The van der Waals surface area contributed by atoms with Gasteiger partial charge in [0.25, 0.3) is 5.56 Å². The van der Waals surface area contributed by atoms with Crippen molar-refractivity contribution >= 4 is 27.4 Å². The molecule has 0 aliphatic heterocycles. The molecule has 3 heterocycles. The second kappa shape index (κ2) is 4.79. The molecule has 3 aromatic heterocycles. The zero-order chi connectivity index (χ0) is 13.2. The van der Waals surface area contributed by atoms with E-state index in [-0.39, 0.29) is 5.56 Å². The smallest absolute Gasteiger partial charge is 0.271 e. The standard InChI is InChI=1S/C12H11N5OS/c13-16-10-2-1-8(5-14-10)6-17-7-15-9-3-4-19-11(9)12(17)18/h1-5,7H,6,13H2,(H,14,16). The Hall–Kier alpha value is -2.25. The molecule has 0 radical (unpaired) electrons. The summed E-state index contributed by atoms with van der Waals surface area (Å²) in [6, 6.07) is 5.47. The van der Waals surface area contributed by atoms with Crippen LogP contribution in [-0.2, 0) is 6.54 Å². The van der Waals surface area contributed by atoms with Gasteiger partial charge in [0.15, 0.2) is 0 Å². The van der Waals surface area contributed by atoms with Crippen LogP contribution in [0, 0.1) is 0 Å². The van der Waals surface area contributed by atoms with Crippen molar-refractivity contribution in [3.05, 3.63) is 52.0 Å². The van der Waals surface area contributed by atoms with E-state index in [1.54, 1.807) is 23.2 Å². The molecule has 0 aliphatic rings. The van der Waals surface area contributed by atoms with Gasteiger partial charge in [-0.3, -0.25) is 9.36 Å². The van der Waals surface area contributed by atoms with Crippen LogP contribution in [0.25, 0.3) is 10.2 Å². The van der Waals surface area contributed by atoms with E-state index >= 15 is 0 Å². The van der Waals surface area contributed by atoms with Crippen molar-refractivity contribution in [1.82, 2.24) is 14.5 Å². The number of pyridine rings is 1. The quantitative estimate of drug-likeness (QED) is 0.553. The average molecular weight is 273 g/mol. The van der Waals surface area contributed by atoms with Crippen molar-refractivity contribution in [2.24, 2.45) is 5.84 Å². The molecule has 6 nitrogen and oxygen atoms in total. The highest BCUT2D eigenvalue weighted by molar-refractivity contribution is 7.17. The number of hydrazine groups is 1. The fourth-order valence-electron chi connectivity index (χ4n) is 1.79. The van der Waals surface area contributed by atoms with Gasteiger partial charge < -0.3 is 5.43 Å². The third kappa shape index (κ3) is 2.20. The van der Waals surface area contributed by atoms with Crippen molar-refractivity contribution in [3.63, 3.8) is 0 Å². The lowest BCUT2D eigenvalue weighted by atomic mass is 10.3. The van der Waals surface area contributed by atoms with Crippen LogP contribution in [0.1, 0.15) is 5.56 Å². The molecule has 0 bridgehead atoms. The molecule has 3 aromatic rings. The van der Waals surface area contributed by atoms with Crippen LogP contribution in [0.3, 0.4) is 0 Å². The zero-order valence-corrected chi connectivity index (χ0v) is 10.7. The zero-order valence-electron chi connectivity index (χ0n) is 9.91. The summed E-state index contributed by atoms with van der Waals surface area (Å²) in [6.07, 6.45) is 3.24. The molecule has 0 spiro atoms. The number of rotatable bonds is 3. The third-order valence-corrected chi connectivity index (χ3v) is 3.65. The molecule has 0 saturated heterocycles. The molecular formula is C12H11N5OS. The maximum absolute atomic E-state index is 12.2. The summed E-state index contributed by atoms with van der Waals surface area (Å²) < 4.78 is 2.25. The average Bonchev–Trinajstić information content (AvgIpc) is 2.92. The summed E-state index contributed by atoms with van der Waals surface area (Å²) >= 11 is 1.41. The third-order valence-electron chi connectivity index (χ3n) is 2.76. The predicted octanol–water partition coefficient (Wildman–Crippen LogP) is 1.19. The lowest BCUT2D eigenvalue weighted by Gasteiger charge is -2.05. The summed E-state index contributed by atoms with van der Waals surface area (Å²) in [7, 11) is 0. The molecule has 0 aromatic carbocycles. The number of nitrogens with one attached hydrogen (secondary N) is 1. The number of thiophene rings is 1. The van der Waals surface area contributed by atoms with E-state index < -0.39 is 0 Å². The lowest BCUT2D eigenvalue weighted by Crippen LogP contribution is -2.20. The van der Waals surface area contributed by atoms with Crippen molar-refractivity contribution in [1.29, 1.82) is 0 Å². The Kier molecular flexibility index (Phi) is 2.98. The van der Waals surface area contributed by atoms with Crippen LogP contribution in [-0.4, -0.2) is 14.5 Å². The van der Waals surface area contributed by atoms with Crippen molar-refractivity contribution < 1.29 is 0 Å². The summed E-state index contributed by atoms with van der Waals surface area (Å²) in [5.74, 6) is 5.84. The Bertz CT molecular complexity index is 762. The van der Waals surface area contributed by atoms with E-state index in [0.29, 0.717) is 17.1 Å². The number of anilines is 1. The first-order valence-electron chi connectivity index (χ1n) is 5.62. The predicted molar refractivity (Wildman–Crippen MR) is 75.0 cm³/mol. The highest BCUT2D eigenvalue weighted by atomic mass is 32.1. The van der Waals surface area contributed by atoms with Crippen molar-refractivity contribution in [2.75, 3.05) is 5.43 Å². The molecule has 0 unspecified atom stereocenters. The molecule has 0 saturated carbocycles. The van der Waals surface area contributed by atoms with Crippen LogP contribution < -0.4 is 16.8 Å². The van der Waals surface area contributed by atoms with Crippen LogP contribution in [0.2, 0.25) is 0 Å². The maximum atomic E-state index is 12.2. The molecule has 96 valence electrons. The van der Waals surface area contributed by atoms with E-state index in [9.17, 15) is 4.79 Å². The summed E-state index contributed by atoms with van der Waals surface area (Å²) in [4.78, 5) is 20.6. The molecule has 0 fully saturated rings. The van der Waals surface area contributed by atoms with Crippen LogP contribution in [0.4, 0.5) is 5.82 Å². The molecule has 0 atom stereocenters. The summed E-state index contributed by atoms with van der Waals surface area (Å²) in [6.45, 7) is 0.442. The van der Waals surface area contributed by atoms with Gasteiger partial charge in [-0.1, -0.05) is 6.07 Å². The number of nitrogen functional groups attached to an aromatic ring is 1.